The molecule has 0 spiro atoms. The Morgan fingerprint density at radius 3 is 2.17 bits per heavy atom. The summed E-state index contributed by atoms with van der Waals surface area (Å²) in [6, 6.07) is 19.6. The van der Waals surface area contributed by atoms with Crippen molar-refractivity contribution in [1.82, 2.24) is 10.2 Å². The molecule has 1 atom stereocenters. The maximum atomic E-state index is 14.0. The molecule has 0 aromatic heterocycles. The van der Waals surface area contributed by atoms with Crippen molar-refractivity contribution < 1.29 is 27.1 Å². The second-order valence-electron chi connectivity index (χ2n) is 9.43. The van der Waals surface area contributed by atoms with Crippen LogP contribution in [0.25, 0.3) is 0 Å². The minimum absolute atomic E-state index is 0.0540. The highest BCUT2D eigenvalue weighted by Gasteiger charge is 2.33. The van der Waals surface area contributed by atoms with Crippen molar-refractivity contribution in [3.63, 3.8) is 0 Å². The topological polar surface area (TPSA) is 96.0 Å². The fourth-order valence-electron chi connectivity index (χ4n) is 4.40. The summed E-state index contributed by atoms with van der Waals surface area (Å²) in [5, 5.41) is 2.86. The Labute approximate surface area is 242 Å². The van der Waals surface area contributed by atoms with Crippen LogP contribution in [0.5, 0.6) is 5.75 Å². The number of rotatable bonds is 15. The van der Waals surface area contributed by atoms with Crippen molar-refractivity contribution in [2.45, 2.75) is 51.0 Å². The Morgan fingerprint density at radius 1 is 0.927 bits per heavy atom. The molecule has 2 amide bonds. The van der Waals surface area contributed by atoms with E-state index in [1.165, 1.54) is 29.2 Å². The van der Waals surface area contributed by atoms with Crippen LogP contribution in [0, 0.1) is 5.82 Å². The molecule has 0 fully saturated rings. The lowest BCUT2D eigenvalue weighted by atomic mass is 10.1. The van der Waals surface area contributed by atoms with Gasteiger partial charge in [-0.1, -0.05) is 44.2 Å². The fraction of sp³-hybridized carbons (Fsp3) is 0.355. The van der Waals surface area contributed by atoms with Gasteiger partial charge in [0.25, 0.3) is 10.0 Å². The largest absolute Gasteiger partial charge is 0.494 e. The summed E-state index contributed by atoms with van der Waals surface area (Å²) in [5.74, 6) is -0.870. The number of ether oxygens (including phenoxy) is 1. The number of nitrogens with zero attached hydrogens (tertiary/aromatic N) is 2. The van der Waals surface area contributed by atoms with Crippen molar-refractivity contribution in [3.05, 3.63) is 90.2 Å². The Hall–Kier alpha value is -3.92. The van der Waals surface area contributed by atoms with Crippen molar-refractivity contribution in [2.24, 2.45) is 0 Å². The molecule has 0 saturated heterocycles. The number of halogens is 1. The predicted molar refractivity (Wildman–Crippen MR) is 158 cm³/mol. The number of benzene rings is 3. The van der Waals surface area contributed by atoms with Gasteiger partial charge < -0.3 is 15.0 Å². The van der Waals surface area contributed by atoms with Gasteiger partial charge in [0.1, 0.15) is 24.2 Å². The molecule has 3 aromatic rings. The molecule has 0 aliphatic rings. The second kappa shape index (κ2) is 15.2. The first-order chi connectivity index (χ1) is 19.7. The van der Waals surface area contributed by atoms with Gasteiger partial charge in [-0.3, -0.25) is 13.9 Å². The van der Waals surface area contributed by atoms with Gasteiger partial charge in [-0.05, 0) is 80.3 Å². The van der Waals surface area contributed by atoms with E-state index in [0.717, 1.165) is 28.4 Å². The monoisotopic (exact) mass is 583 g/mol. The van der Waals surface area contributed by atoms with E-state index >= 15 is 0 Å². The molecular formula is C31H38FN3O5S. The maximum absolute atomic E-state index is 14.0. The number of hydrogen-bond donors (Lipinski definition) is 1. The minimum Gasteiger partial charge on any atom is -0.494 e. The summed E-state index contributed by atoms with van der Waals surface area (Å²) in [5.41, 5.74) is 1.10. The number of carbonyl (C=O) groups excluding carboxylic acids is 2. The van der Waals surface area contributed by atoms with Crippen molar-refractivity contribution in [2.75, 3.05) is 30.5 Å². The van der Waals surface area contributed by atoms with E-state index in [9.17, 15) is 22.4 Å². The standard InChI is InChI=1S/C31H38FN3O5S/c1-4-21-33-31(37)29(5-2)34(22-20-24-10-8-7-9-11-24)30(36)23-35(26-14-12-25(32)13-15-26)41(38,39)28-18-16-27(17-19-28)40-6-3/h7-19,29H,4-6,20-23H2,1-3H3,(H,33,37). The molecule has 41 heavy (non-hydrogen) atoms. The molecule has 1 N–H and O–H groups in total. The summed E-state index contributed by atoms with van der Waals surface area (Å²) in [6.45, 7) is 6.09. The van der Waals surface area contributed by atoms with Gasteiger partial charge in [0.2, 0.25) is 11.8 Å². The summed E-state index contributed by atoms with van der Waals surface area (Å²) >= 11 is 0. The maximum Gasteiger partial charge on any atom is 0.264 e. The van der Waals surface area contributed by atoms with Gasteiger partial charge in [0, 0.05) is 13.1 Å². The van der Waals surface area contributed by atoms with Gasteiger partial charge in [-0.2, -0.15) is 0 Å². The normalized spacial score (nSPS) is 11.9. The number of sulfonamides is 1. The van der Waals surface area contributed by atoms with Gasteiger partial charge in [0.15, 0.2) is 0 Å². The van der Waals surface area contributed by atoms with Crippen LogP contribution in [0.3, 0.4) is 0 Å². The third kappa shape index (κ3) is 8.53. The molecule has 0 aliphatic carbocycles. The van der Waals surface area contributed by atoms with E-state index in [1.54, 1.807) is 12.1 Å². The zero-order valence-electron chi connectivity index (χ0n) is 23.8. The molecule has 1 unspecified atom stereocenters. The van der Waals surface area contributed by atoms with Crippen LogP contribution in [0.2, 0.25) is 0 Å². The van der Waals surface area contributed by atoms with Crippen LogP contribution in [-0.2, 0) is 26.0 Å². The molecule has 0 bridgehead atoms. The molecule has 0 radical (unpaired) electrons. The number of anilines is 1. The Kier molecular flexibility index (Phi) is 11.7. The zero-order chi connectivity index (χ0) is 29.8. The Bertz CT molecular complexity index is 1370. The molecule has 0 saturated carbocycles. The first-order valence-corrected chi connectivity index (χ1v) is 15.3. The van der Waals surface area contributed by atoms with Crippen LogP contribution >= 0.6 is 0 Å². The quantitative estimate of drug-likeness (QED) is 0.278. The molecule has 220 valence electrons. The van der Waals surface area contributed by atoms with E-state index in [0.29, 0.717) is 31.7 Å². The van der Waals surface area contributed by atoms with Gasteiger partial charge in [0.05, 0.1) is 17.2 Å². The summed E-state index contributed by atoms with van der Waals surface area (Å²) in [7, 11) is -4.25. The molecule has 0 aliphatic heterocycles. The van der Waals surface area contributed by atoms with Crippen LogP contribution < -0.4 is 14.4 Å². The fourth-order valence-corrected chi connectivity index (χ4v) is 5.81. The highest BCUT2D eigenvalue weighted by molar-refractivity contribution is 7.92. The van der Waals surface area contributed by atoms with Crippen molar-refractivity contribution >= 4 is 27.5 Å². The predicted octanol–water partition coefficient (Wildman–Crippen LogP) is 4.80. The molecule has 10 heteroatoms. The molecule has 0 heterocycles. The number of hydrogen-bond acceptors (Lipinski definition) is 5. The van der Waals surface area contributed by atoms with Gasteiger partial charge in [-0.15, -0.1) is 0 Å². The van der Waals surface area contributed by atoms with Gasteiger partial charge >= 0.3 is 0 Å². The lowest BCUT2D eigenvalue weighted by Crippen LogP contribution is -2.53. The highest BCUT2D eigenvalue weighted by Crippen LogP contribution is 2.26. The second-order valence-corrected chi connectivity index (χ2v) is 11.3. The smallest absolute Gasteiger partial charge is 0.264 e. The first kappa shape index (κ1) is 31.6. The Morgan fingerprint density at radius 2 is 1.59 bits per heavy atom. The van der Waals surface area contributed by atoms with E-state index < -0.39 is 34.3 Å². The zero-order valence-corrected chi connectivity index (χ0v) is 24.6. The van der Waals surface area contributed by atoms with Crippen LogP contribution in [-0.4, -0.2) is 57.4 Å². The van der Waals surface area contributed by atoms with Gasteiger partial charge in [-0.25, -0.2) is 12.8 Å². The summed E-state index contributed by atoms with van der Waals surface area (Å²) < 4.78 is 47.9. The first-order valence-electron chi connectivity index (χ1n) is 13.8. The lowest BCUT2D eigenvalue weighted by Gasteiger charge is -2.33. The number of amides is 2. The number of carbonyl (C=O) groups is 2. The Balaban J connectivity index is 1.99. The van der Waals surface area contributed by atoms with Crippen molar-refractivity contribution in [1.29, 1.82) is 0 Å². The van der Waals surface area contributed by atoms with E-state index in [-0.39, 0.29) is 23.0 Å². The lowest BCUT2D eigenvalue weighted by molar-refractivity contribution is -0.139. The van der Waals surface area contributed by atoms with Crippen LogP contribution in [0.4, 0.5) is 10.1 Å². The van der Waals surface area contributed by atoms with Crippen LogP contribution in [0.1, 0.15) is 39.2 Å². The highest BCUT2D eigenvalue weighted by atomic mass is 32.2. The van der Waals surface area contributed by atoms with E-state index in [4.69, 9.17) is 4.74 Å². The van der Waals surface area contributed by atoms with Crippen LogP contribution in [0.15, 0.2) is 83.8 Å². The summed E-state index contributed by atoms with van der Waals surface area (Å²) in [6.07, 6.45) is 1.56. The summed E-state index contributed by atoms with van der Waals surface area (Å²) in [4.78, 5) is 28.4. The SMILES string of the molecule is CCCNC(=O)C(CC)N(CCc1ccccc1)C(=O)CN(c1ccc(F)cc1)S(=O)(=O)c1ccc(OCC)cc1. The average Bonchev–Trinajstić information content (AvgIpc) is 2.98. The molecule has 8 nitrogen and oxygen atoms in total. The third-order valence-corrected chi connectivity index (χ3v) is 8.32. The van der Waals surface area contributed by atoms with E-state index in [1.807, 2.05) is 51.1 Å². The molecular weight excluding hydrogens is 545 g/mol. The van der Waals surface area contributed by atoms with E-state index in [2.05, 4.69) is 5.32 Å². The average molecular weight is 584 g/mol. The minimum atomic E-state index is -4.25. The molecule has 3 rings (SSSR count). The third-order valence-electron chi connectivity index (χ3n) is 6.54. The number of nitrogens with one attached hydrogen (secondary N) is 1. The molecule has 3 aromatic carbocycles. The van der Waals surface area contributed by atoms with Crippen molar-refractivity contribution in [3.8, 4) is 5.75 Å².